The number of terminal acetylenes is 1. The topological polar surface area (TPSA) is 45.2 Å². The Morgan fingerprint density at radius 2 is 2.15 bits per heavy atom. The maximum Gasteiger partial charge on any atom is 0.272 e. The summed E-state index contributed by atoms with van der Waals surface area (Å²) in [7, 11) is 0. The molecule has 1 rings (SSSR count). The van der Waals surface area contributed by atoms with Crippen molar-refractivity contribution in [2.75, 3.05) is 18.4 Å². The van der Waals surface area contributed by atoms with Crippen molar-refractivity contribution >= 4 is 11.6 Å². The summed E-state index contributed by atoms with van der Waals surface area (Å²) < 4.78 is 0. The molecule has 20 heavy (non-hydrogen) atoms. The van der Waals surface area contributed by atoms with E-state index < -0.39 is 0 Å². The molecule has 0 saturated carbocycles. The molecule has 1 unspecified atom stereocenters. The van der Waals surface area contributed by atoms with Gasteiger partial charge in [0.1, 0.15) is 5.69 Å². The van der Waals surface area contributed by atoms with Crippen LogP contribution in [0.5, 0.6) is 0 Å². The van der Waals surface area contributed by atoms with Gasteiger partial charge in [0.25, 0.3) is 5.91 Å². The molecule has 108 valence electrons. The molecule has 0 saturated heterocycles. The number of rotatable bonds is 7. The lowest BCUT2D eigenvalue weighted by Crippen LogP contribution is -2.31. The molecule has 0 aromatic carbocycles. The molecule has 0 bridgehead atoms. The minimum atomic E-state index is -0.0496. The molecule has 1 heterocycles. The first-order valence-electron chi connectivity index (χ1n) is 7.14. The van der Waals surface area contributed by atoms with Crippen LogP contribution in [0, 0.1) is 12.3 Å². The highest BCUT2D eigenvalue weighted by molar-refractivity contribution is 5.93. The average Bonchev–Trinajstić information content (AvgIpc) is 2.48. The number of amides is 1. The van der Waals surface area contributed by atoms with Crippen molar-refractivity contribution in [3.05, 3.63) is 24.0 Å². The maximum atomic E-state index is 12.2. The van der Waals surface area contributed by atoms with Crippen molar-refractivity contribution in [1.29, 1.82) is 0 Å². The smallest absolute Gasteiger partial charge is 0.272 e. The number of hydrogen-bond acceptors (Lipinski definition) is 3. The Kier molecular flexibility index (Phi) is 6.58. The van der Waals surface area contributed by atoms with Crippen LogP contribution in [-0.4, -0.2) is 34.9 Å². The van der Waals surface area contributed by atoms with E-state index in [4.69, 9.17) is 6.42 Å². The average molecular weight is 273 g/mol. The first-order chi connectivity index (χ1) is 9.65. The Balaban J connectivity index is 2.85. The molecule has 0 aliphatic carbocycles. The third-order valence-electron chi connectivity index (χ3n) is 3.15. The van der Waals surface area contributed by atoms with Gasteiger partial charge in [-0.2, -0.15) is 0 Å². The Morgan fingerprint density at radius 3 is 2.70 bits per heavy atom. The highest BCUT2D eigenvalue weighted by Crippen LogP contribution is 2.13. The number of pyridine rings is 1. The van der Waals surface area contributed by atoms with Crippen LogP contribution in [0.15, 0.2) is 18.3 Å². The lowest BCUT2D eigenvalue weighted by atomic mass is 10.1. The van der Waals surface area contributed by atoms with Gasteiger partial charge in [0, 0.05) is 25.0 Å². The Morgan fingerprint density at radius 1 is 1.45 bits per heavy atom. The summed E-state index contributed by atoms with van der Waals surface area (Å²) in [5.41, 5.74) is 1.29. The van der Waals surface area contributed by atoms with Crippen molar-refractivity contribution in [2.45, 2.75) is 39.7 Å². The summed E-state index contributed by atoms with van der Waals surface area (Å²) in [6.45, 7) is 7.36. The van der Waals surface area contributed by atoms with Crippen LogP contribution < -0.4 is 5.32 Å². The predicted octanol–water partition coefficient (Wildman–Crippen LogP) is 2.78. The van der Waals surface area contributed by atoms with E-state index in [9.17, 15) is 4.79 Å². The zero-order valence-electron chi connectivity index (χ0n) is 12.5. The minimum absolute atomic E-state index is 0.0150. The van der Waals surface area contributed by atoms with Gasteiger partial charge in [0.15, 0.2) is 0 Å². The van der Waals surface area contributed by atoms with Gasteiger partial charge < -0.3 is 10.2 Å². The summed E-state index contributed by atoms with van der Waals surface area (Å²) >= 11 is 0. The van der Waals surface area contributed by atoms with Gasteiger partial charge in [-0.1, -0.05) is 19.3 Å². The van der Waals surface area contributed by atoms with Crippen LogP contribution in [0.25, 0.3) is 0 Å². The molecular weight excluding hydrogens is 250 g/mol. The van der Waals surface area contributed by atoms with E-state index in [1.54, 1.807) is 17.2 Å². The van der Waals surface area contributed by atoms with Crippen molar-refractivity contribution in [3.63, 3.8) is 0 Å². The maximum absolute atomic E-state index is 12.2. The molecule has 1 N–H and O–H groups in total. The van der Waals surface area contributed by atoms with Crippen LogP contribution in [-0.2, 0) is 0 Å². The molecule has 4 nitrogen and oxygen atoms in total. The Labute approximate surface area is 121 Å². The van der Waals surface area contributed by atoms with E-state index >= 15 is 0 Å². The Hall–Kier alpha value is -2.02. The van der Waals surface area contributed by atoms with Gasteiger partial charge in [-0.15, -0.1) is 6.42 Å². The lowest BCUT2D eigenvalue weighted by Gasteiger charge is -2.19. The summed E-state index contributed by atoms with van der Waals surface area (Å²) in [5, 5.41) is 3.25. The molecule has 0 fully saturated rings. The van der Waals surface area contributed by atoms with Crippen LogP contribution >= 0.6 is 0 Å². The molecular formula is C16H23N3O. The van der Waals surface area contributed by atoms with Gasteiger partial charge in [-0.05, 0) is 32.4 Å². The standard InChI is InChI=1S/C16H23N3O/c1-5-9-13(6-2)18-14-10-11-17-15(12-14)16(20)19(7-3)8-4/h2,10-13H,5,7-9H2,1,3-4H3,(H,17,18). The molecule has 1 aromatic heterocycles. The van der Waals surface area contributed by atoms with Crippen LogP contribution in [0.3, 0.4) is 0 Å². The third-order valence-corrected chi connectivity index (χ3v) is 3.15. The third kappa shape index (κ3) is 4.27. The second kappa shape index (κ2) is 8.21. The number of nitrogens with one attached hydrogen (secondary N) is 1. The fraction of sp³-hybridized carbons (Fsp3) is 0.500. The van der Waals surface area contributed by atoms with E-state index in [1.807, 2.05) is 19.9 Å². The summed E-state index contributed by atoms with van der Waals surface area (Å²) in [4.78, 5) is 18.1. The first-order valence-corrected chi connectivity index (χ1v) is 7.14. The minimum Gasteiger partial charge on any atom is -0.371 e. The Bertz CT molecular complexity index is 475. The molecule has 0 aliphatic heterocycles. The zero-order chi connectivity index (χ0) is 15.0. The monoisotopic (exact) mass is 273 g/mol. The SMILES string of the molecule is C#CC(CCC)Nc1ccnc(C(=O)N(CC)CC)c1. The molecule has 0 spiro atoms. The largest absolute Gasteiger partial charge is 0.371 e. The van der Waals surface area contributed by atoms with Crippen LogP contribution in [0.4, 0.5) is 5.69 Å². The normalized spacial score (nSPS) is 11.5. The van der Waals surface area contributed by atoms with E-state index in [0.29, 0.717) is 18.8 Å². The number of carbonyl (C=O) groups is 1. The van der Waals surface area contributed by atoms with Crippen molar-refractivity contribution < 1.29 is 4.79 Å². The predicted molar refractivity (Wildman–Crippen MR) is 82.6 cm³/mol. The van der Waals surface area contributed by atoms with E-state index in [2.05, 4.69) is 23.1 Å². The van der Waals surface area contributed by atoms with Crippen molar-refractivity contribution in [3.8, 4) is 12.3 Å². The molecule has 0 aliphatic rings. The number of hydrogen-bond donors (Lipinski definition) is 1. The molecule has 4 heteroatoms. The number of aromatic nitrogens is 1. The fourth-order valence-corrected chi connectivity index (χ4v) is 2.00. The van der Waals surface area contributed by atoms with Gasteiger partial charge in [-0.25, -0.2) is 0 Å². The fourth-order valence-electron chi connectivity index (χ4n) is 2.00. The second-order valence-electron chi connectivity index (χ2n) is 4.56. The number of anilines is 1. The van der Waals surface area contributed by atoms with Gasteiger partial charge in [0.05, 0.1) is 6.04 Å². The second-order valence-corrected chi connectivity index (χ2v) is 4.56. The van der Waals surface area contributed by atoms with E-state index in [1.165, 1.54) is 0 Å². The molecule has 0 radical (unpaired) electrons. The molecule has 1 amide bonds. The van der Waals surface area contributed by atoms with Crippen LogP contribution in [0.2, 0.25) is 0 Å². The summed E-state index contributed by atoms with van der Waals surface area (Å²) in [6, 6.07) is 3.58. The highest BCUT2D eigenvalue weighted by Gasteiger charge is 2.14. The van der Waals surface area contributed by atoms with Gasteiger partial charge >= 0.3 is 0 Å². The van der Waals surface area contributed by atoms with Crippen molar-refractivity contribution in [1.82, 2.24) is 9.88 Å². The van der Waals surface area contributed by atoms with Crippen LogP contribution in [0.1, 0.15) is 44.1 Å². The molecule has 1 atom stereocenters. The lowest BCUT2D eigenvalue weighted by molar-refractivity contribution is 0.0767. The van der Waals surface area contributed by atoms with E-state index in [0.717, 1.165) is 18.5 Å². The number of carbonyl (C=O) groups excluding carboxylic acids is 1. The quantitative estimate of drug-likeness (QED) is 0.777. The summed E-state index contributed by atoms with van der Waals surface area (Å²) in [6.07, 6.45) is 9.04. The summed E-state index contributed by atoms with van der Waals surface area (Å²) in [5.74, 6) is 2.67. The van der Waals surface area contributed by atoms with E-state index in [-0.39, 0.29) is 11.9 Å². The molecule has 1 aromatic rings. The van der Waals surface area contributed by atoms with Gasteiger partial charge in [-0.3, -0.25) is 9.78 Å². The first kappa shape index (κ1) is 16.0. The van der Waals surface area contributed by atoms with Gasteiger partial charge in [0.2, 0.25) is 0 Å². The zero-order valence-corrected chi connectivity index (χ0v) is 12.5. The highest BCUT2D eigenvalue weighted by atomic mass is 16.2. The number of nitrogens with zero attached hydrogens (tertiary/aromatic N) is 2. The van der Waals surface area contributed by atoms with Crippen molar-refractivity contribution in [2.24, 2.45) is 0 Å².